The van der Waals surface area contributed by atoms with E-state index in [1.165, 1.54) is 6.20 Å². The number of hydrogen-bond donors (Lipinski definition) is 2. The maximum Gasteiger partial charge on any atom is 0.326 e. The van der Waals surface area contributed by atoms with Crippen LogP contribution in [0.2, 0.25) is 0 Å². The number of nitrogens with zero attached hydrogens (tertiary/aromatic N) is 2. The second-order valence-electron chi connectivity index (χ2n) is 6.69. The van der Waals surface area contributed by atoms with Gasteiger partial charge in [-0.15, -0.1) is 0 Å². The number of urea groups is 1. The van der Waals surface area contributed by atoms with Crippen molar-refractivity contribution in [3.63, 3.8) is 0 Å². The van der Waals surface area contributed by atoms with Gasteiger partial charge in [0.15, 0.2) is 0 Å². The Morgan fingerprint density at radius 1 is 1.07 bits per heavy atom. The minimum absolute atomic E-state index is 0.172. The molecule has 0 spiro atoms. The molecule has 30 heavy (non-hydrogen) atoms. The largest absolute Gasteiger partial charge is 0.457 e. The topological polar surface area (TPSA) is 83.6 Å². The van der Waals surface area contributed by atoms with Crippen LogP contribution in [0.25, 0.3) is 0 Å². The average molecular weight is 467 g/mol. The van der Waals surface area contributed by atoms with Gasteiger partial charge in [-0.25, -0.2) is 4.79 Å². The Balaban J connectivity index is 1.41. The standard InChI is InChI=1S/C22H19BrN4O3/c1-24-21(28)19-13-18(8-10-25-19)30-17-5-3-16(4-6-17)26-22(29)27-11-9-14-12-15(23)2-7-20(14)27/h2-8,10,12-13H,9,11H2,1H3,(H,24,28)(H,26,29). The third-order valence-electron chi connectivity index (χ3n) is 4.71. The minimum atomic E-state index is -0.283. The van der Waals surface area contributed by atoms with E-state index in [-0.39, 0.29) is 17.6 Å². The third-order valence-corrected chi connectivity index (χ3v) is 5.21. The zero-order valence-electron chi connectivity index (χ0n) is 16.2. The molecule has 0 radical (unpaired) electrons. The van der Waals surface area contributed by atoms with E-state index in [1.54, 1.807) is 48.3 Å². The first-order chi connectivity index (χ1) is 14.5. The Hall–Kier alpha value is -3.39. The Morgan fingerprint density at radius 2 is 1.87 bits per heavy atom. The lowest BCUT2D eigenvalue weighted by atomic mass is 10.2. The normalized spacial score (nSPS) is 12.3. The van der Waals surface area contributed by atoms with E-state index < -0.39 is 0 Å². The summed E-state index contributed by atoms with van der Waals surface area (Å²) in [4.78, 5) is 30.1. The van der Waals surface area contributed by atoms with Crippen molar-refractivity contribution in [2.75, 3.05) is 23.8 Å². The number of hydrogen-bond acceptors (Lipinski definition) is 4. The molecule has 2 heterocycles. The van der Waals surface area contributed by atoms with Gasteiger partial charge in [-0.2, -0.15) is 0 Å². The lowest BCUT2D eigenvalue weighted by molar-refractivity contribution is 0.0958. The van der Waals surface area contributed by atoms with Gasteiger partial charge in [0.05, 0.1) is 0 Å². The summed E-state index contributed by atoms with van der Waals surface area (Å²) >= 11 is 3.47. The fraction of sp³-hybridized carbons (Fsp3) is 0.136. The summed E-state index contributed by atoms with van der Waals surface area (Å²) < 4.78 is 6.79. The number of anilines is 2. The van der Waals surface area contributed by atoms with E-state index in [4.69, 9.17) is 4.74 Å². The van der Waals surface area contributed by atoms with Crippen LogP contribution in [-0.2, 0) is 6.42 Å². The van der Waals surface area contributed by atoms with Crippen molar-refractivity contribution in [1.29, 1.82) is 0 Å². The van der Waals surface area contributed by atoms with Gasteiger partial charge in [-0.3, -0.25) is 14.7 Å². The first-order valence-electron chi connectivity index (χ1n) is 9.36. The van der Waals surface area contributed by atoms with Crippen molar-refractivity contribution in [2.24, 2.45) is 0 Å². The summed E-state index contributed by atoms with van der Waals surface area (Å²) in [5.74, 6) is 0.799. The molecule has 4 rings (SSSR count). The number of benzene rings is 2. The fourth-order valence-corrected chi connectivity index (χ4v) is 3.65. The molecule has 0 bridgehead atoms. The summed E-state index contributed by atoms with van der Waals surface area (Å²) in [6, 6.07) is 16.0. The van der Waals surface area contributed by atoms with Crippen LogP contribution in [0.4, 0.5) is 16.2 Å². The Morgan fingerprint density at radius 3 is 2.63 bits per heavy atom. The quantitative estimate of drug-likeness (QED) is 0.588. The molecule has 0 fully saturated rings. The predicted octanol–water partition coefficient (Wildman–Crippen LogP) is 4.59. The summed E-state index contributed by atoms with van der Waals surface area (Å²) in [5.41, 5.74) is 3.02. The van der Waals surface area contributed by atoms with Gasteiger partial charge in [0, 0.05) is 41.7 Å². The van der Waals surface area contributed by atoms with Gasteiger partial charge in [-0.1, -0.05) is 15.9 Å². The molecule has 3 amide bonds. The Kier molecular flexibility index (Phi) is 5.67. The molecule has 0 saturated heterocycles. The van der Waals surface area contributed by atoms with E-state index in [2.05, 4.69) is 31.5 Å². The molecular formula is C22H19BrN4O3. The first-order valence-corrected chi connectivity index (χ1v) is 10.2. The molecule has 0 atom stereocenters. The van der Waals surface area contributed by atoms with Crippen LogP contribution in [0.3, 0.4) is 0 Å². The van der Waals surface area contributed by atoms with Crippen LogP contribution in [0.15, 0.2) is 65.3 Å². The third kappa shape index (κ3) is 4.28. The highest BCUT2D eigenvalue weighted by atomic mass is 79.9. The van der Waals surface area contributed by atoms with Crippen molar-refractivity contribution in [3.8, 4) is 11.5 Å². The van der Waals surface area contributed by atoms with Crippen molar-refractivity contribution < 1.29 is 14.3 Å². The highest BCUT2D eigenvalue weighted by Crippen LogP contribution is 2.31. The summed E-state index contributed by atoms with van der Waals surface area (Å²) in [6.45, 7) is 0.647. The number of rotatable bonds is 4. The molecule has 3 aromatic rings. The van der Waals surface area contributed by atoms with Gasteiger partial charge in [-0.05, 0) is 60.5 Å². The van der Waals surface area contributed by atoms with Crippen LogP contribution in [0, 0.1) is 0 Å². The van der Waals surface area contributed by atoms with Crippen LogP contribution in [0.5, 0.6) is 11.5 Å². The molecule has 7 nitrogen and oxygen atoms in total. The number of ether oxygens (including phenoxy) is 1. The van der Waals surface area contributed by atoms with Gasteiger partial charge in [0.25, 0.3) is 5.91 Å². The van der Waals surface area contributed by atoms with E-state index in [0.29, 0.717) is 23.7 Å². The van der Waals surface area contributed by atoms with E-state index >= 15 is 0 Å². The monoisotopic (exact) mass is 466 g/mol. The SMILES string of the molecule is CNC(=O)c1cc(Oc2ccc(NC(=O)N3CCc4cc(Br)ccc43)cc2)ccn1. The molecule has 1 aliphatic rings. The maximum absolute atomic E-state index is 12.7. The number of aromatic nitrogens is 1. The number of pyridine rings is 1. The summed E-state index contributed by atoms with van der Waals surface area (Å²) in [5, 5.41) is 5.45. The maximum atomic E-state index is 12.7. The number of amides is 3. The molecular weight excluding hydrogens is 448 g/mol. The second-order valence-corrected chi connectivity index (χ2v) is 7.60. The summed E-state index contributed by atoms with van der Waals surface area (Å²) in [6.07, 6.45) is 2.35. The first kappa shape index (κ1) is 19.9. The summed E-state index contributed by atoms with van der Waals surface area (Å²) in [7, 11) is 1.55. The fourth-order valence-electron chi connectivity index (χ4n) is 3.24. The Labute approximate surface area is 182 Å². The van der Waals surface area contributed by atoms with E-state index in [0.717, 1.165) is 22.1 Å². The number of halogens is 1. The second kappa shape index (κ2) is 8.54. The predicted molar refractivity (Wildman–Crippen MR) is 118 cm³/mol. The molecule has 8 heteroatoms. The molecule has 1 aliphatic heterocycles. The molecule has 0 saturated carbocycles. The van der Waals surface area contributed by atoms with Gasteiger partial charge in [0.1, 0.15) is 17.2 Å². The van der Waals surface area contributed by atoms with Crippen molar-refractivity contribution >= 4 is 39.2 Å². The molecule has 152 valence electrons. The van der Waals surface area contributed by atoms with Crippen LogP contribution >= 0.6 is 15.9 Å². The molecule has 2 aromatic carbocycles. The number of carbonyl (C=O) groups excluding carboxylic acids is 2. The molecule has 1 aromatic heterocycles. The van der Waals surface area contributed by atoms with Gasteiger partial charge in [0.2, 0.25) is 0 Å². The van der Waals surface area contributed by atoms with Crippen molar-refractivity contribution in [2.45, 2.75) is 6.42 Å². The number of nitrogens with one attached hydrogen (secondary N) is 2. The smallest absolute Gasteiger partial charge is 0.326 e. The molecule has 0 aliphatic carbocycles. The zero-order valence-corrected chi connectivity index (χ0v) is 17.8. The van der Waals surface area contributed by atoms with Gasteiger partial charge < -0.3 is 15.4 Å². The highest BCUT2D eigenvalue weighted by molar-refractivity contribution is 9.10. The van der Waals surface area contributed by atoms with E-state index in [9.17, 15) is 9.59 Å². The zero-order chi connectivity index (χ0) is 21.1. The van der Waals surface area contributed by atoms with Gasteiger partial charge >= 0.3 is 6.03 Å². The lowest BCUT2D eigenvalue weighted by Crippen LogP contribution is -2.33. The molecule has 0 unspecified atom stereocenters. The van der Waals surface area contributed by atoms with Crippen LogP contribution < -0.4 is 20.3 Å². The Bertz CT molecular complexity index is 1100. The van der Waals surface area contributed by atoms with Crippen LogP contribution in [-0.4, -0.2) is 30.5 Å². The highest BCUT2D eigenvalue weighted by Gasteiger charge is 2.24. The van der Waals surface area contributed by atoms with E-state index in [1.807, 2.05) is 18.2 Å². The van der Waals surface area contributed by atoms with Crippen molar-refractivity contribution in [1.82, 2.24) is 10.3 Å². The number of carbonyl (C=O) groups is 2. The lowest BCUT2D eigenvalue weighted by Gasteiger charge is -2.18. The van der Waals surface area contributed by atoms with Crippen LogP contribution in [0.1, 0.15) is 16.1 Å². The minimum Gasteiger partial charge on any atom is -0.457 e. The number of fused-ring (bicyclic) bond motifs is 1. The molecule has 2 N–H and O–H groups in total. The average Bonchev–Trinajstić information content (AvgIpc) is 3.18. The van der Waals surface area contributed by atoms with Crippen molar-refractivity contribution in [3.05, 3.63) is 76.5 Å².